The highest BCUT2D eigenvalue weighted by Crippen LogP contribution is 2.30. The van der Waals surface area contributed by atoms with E-state index >= 15 is 0 Å². The lowest BCUT2D eigenvalue weighted by molar-refractivity contribution is -0.128. The van der Waals surface area contributed by atoms with Crippen molar-refractivity contribution in [3.63, 3.8) is 0 Å². The molecular weight excluding hydrogens is 274 g/mol. The predicted molar refractivity (Wildman–Crippen MR) is 88.7 cm³/mol. The number of carbonyl (C=O) groups is 1. The third-order valence-electron chi connectivity index (χ3n) is 4.16. The Morgan fingerprint density at radius 2 is 2.18 bits per heavy atom. The van der Waals surface area contributed by atoms with Crippen molar-refractivity contribution in [2.75, 3.05) is 13.1 Å². The van der Waals surface area contributed by atoms with Gasteiger partial charge in [0.25, 0.3) is 0 Å². The van der Waals surface area contributed by atoms with Gasteiger partial charge < -0.3 is 9.47 Å². The van der Waals surface area contributed by atoms with Gasteiger partial charge in [0.2, 0.25) is 5.91 Å². The van der Waals surface area contributed by atoms with Crippen molar-refractivity contribution in [1.82, 2.24) is 14.5 Å². The van der Waals surface area contributed by atoms with Gasteiger partial charge in [0.1, 0.15) is 5.82 Å². The van der Waals surface area contributed by atoms with E-state index < -0.39 is 0 Å². The molecule has 2 aromatic rings. The molecule has 0 radical (unpaired) electrons. The fourth-order valence-corrected chi connectivity index (χ4v) is 3.29. The summed E-state index contributed by atoms with van der Waals surface area (Å²) in [5, 5.41) is 0. The zero-order chi connectivity index (χ0) is 15.7. The average Bonchev–Trinajstić information content (AvgIpc) is 3.01. The van der Waals surface area contributed by atoms with E-state index in [1.807, 2.05) is 29.2 Å². The maximum Gasteiger partial charge on any atom is 0.223 e. The summed E-state index contributed by atoms with van der Waals surface area (Å²) in [7, 11) is 0. The van der Waals surface area contributed by atoms with Gasteiger partial charge in [-0.1, -0.05) is 32.1 Å². The first-order valence-electron chi connectivity index (χ1n) is 7.94. The summed E-state index contributed by atoms with van der Waals surface area (Å²) in [6.07, 6.45) is 2.45. The molecule has 0 saturated carbocycles. The van der Waals surface area contributed by atoms with Gasteiger partial charge in [0, 0.05) is 32.0 Å². The Balaban J connectivity index is 1.95. The molecule has 0 bridgehead atoms. The summed E-state index contributed by atoms with van der Waals surface area (Å²) in [5.41, 5.74) is 2.11. The van der Waals surface area contributed by atoms with E-state index in [9.17, 15) is 4.79 Å². The van der Waals surface area contributed by atoms with Crippen LogP contribution in [0.25, 0.3) is 11.0 Å². The van der Waals surface area contributed by atoms with Crippen molar-refractivity contribution in [3.8, 4) is 0 Å². The summed E-state index contributed by atoms with van der Waals surface area (Å²) in [4.78, 5) is 19.0. The molecule has 1 aromatic heterocycles. The molecule has 1 aliphatic rings. The van der Waals surface area contributed by atoms with Gasteiger partial charge in [-0.05, 0) is 18.1 Å². The van der Waals surface area contributed by atoms with E-state index in [0.29, 0.717) is 12.3 Å². The van der Waals surface area contributed by atoms with Crippen LogP contribution in [0.15, 0.2) is 36.9 Å². The molecule has 1 aromatic carbocycles. The van der Waals surface area contributed by atoms with Gasteiger partial charge in [-0.2, -0.15) is 0 Å². The molecule has 1 amide bonds. The number of amides is 1. The number of rotatable bonds is 5. The van der Waals surface area contributed by atoms with Crippen molar-refractivity contribution in [2.45, 2.75) is 32.7 Å². The Labute approximate surface area is 131 Å². The summed E-state index contributed by atoms with van der Waals surface area (Å²) in [5.74, 6) is 1.94. The largest absolute Gasteiger partial charge is 0.342 e. The van der Waals surface area contributed by atoms with Crippen LogP contribution in [0.3, 0.4) is 0 Å². The van der Waals surface area contributed by atoms with Gasteiger partial charge in [-0.25, -0.2) is 4.98 Å². The fourth-order valence-electron chi connectivity index (χ4n) is 3.29. The van der Waals surface area contributed by atoms with Gasteiger partial charge in [0.05, 0.1) is 11.0 Å². The number of nitrogens with zero attached hydrogens (tertiary/aromatic N) is 3. The van der Waals surface area contributed by atoms with E-state index in [0.717, 1.165) is 36.5 Å². The van der Waals surface area contributed by atoms with E-state index in [1.165, 1.54) is 0 Å². The highest BCUT2D eigenvalue weighted by molar-refractivity contribution is 5.81. The zero-order valence-corrected chi connectivity index (χ0v) is 13.3. The summed E-state index contributed by atoms with van der Waals surface area (Å²) < 4.78 is 2.19. The normalized spacial score (nSPS) is 18.6. The van der Waals surface area contributed by atoms with Crippen molar-refractivity contribution in [3.05, 3.63) is 42.7 Å². The first kappa shape index (κ1) is 14.8. The minimum absolute atomic E-state index is 0.179. The van der Waals surface area contributed by atoms with Crippen molar-refractivity contribution >= 4 is 16.9 Å². The SMILES string of the molecule is C=CCn1c([C@H]2CC(=O)N(CC(C)C)C2)nc2ccccc21. The molecule has 2 heterocycles. The molecule has 4 nitrogen and oxygen atoms in total. The first-order valence-corrected chi connectivity index (χ1v) is 7.94. The van der Waals surface area contributed by atoms with Crippen molar-refractivity contribution in [1.29, 1.82) is 0 Å². The molecule has 4 heteroatoms. The second-order valence-corrected chi connectivity index (χ2v) is 6.45. The van der Waals surface area contributed by atoms with Crippen LogP contribution in [-0.4, -0.2) is 33.4 Å². The first-order chi connectivity index (χ1) is 10.6. The lowest BCUT2D eigenvalue weighted by atomic mass is 10.1. The summed E-state index contributed by atoms with van der Waals surface area (Å²) in [6.45, 7) is 10.5. The van der Waals surface area contributed by atoms with Crippen molar-refractivity contribution in [2.24, 2.45) is 5.92 Å². The van der Waals surface area contributed by atoms with Crippen LogP contribution in [0.1, 0.15) is 32.0 Å². The van der Waals surface area contributed by atoms with Crippen LogP contribution >= 0.6 is 0 Å². The molecule has 116 valence electrons. The minimum Gasteiger partial charge on any atom is -0.342 e. The number of fused-ring (bicyclic) bond motifs is 1. The molecule has 1 atom stereocenters. The number of para-hydroxylation sites is 2. The van der Waals surface area contributed by atoms with Crippen molar-refractivity contribution < 1.29 is 4.79 Å². The topological polar surface area (TPSA) is 38.1 Å². The molecule has 22 heavy (non-hydrogen) atoms. The minimum atomic E-state index is 0.179. The molecular formula is C18H23N3O. The van der Waals surface area contributed by atoms with Gasteiger partial charge in [0.15, 0.2) is 0 Å². The Morgan fingerprint density at radius 3 is 2.91 bits per heavy atom. The maximum atomic E-state index is 12.2. The van der Waals surface area contributed by atoms with Crippen LogP contribution in [0.2, 0.25) is 0 Å². The number of allylic oxidation sites excluding steroid dienone is 1. The molecule has 1 aliphatic heterocycles. The van der Waals surface area contributed by atoms with Crippen LogP contribution in [0, 0.1) is 5.92 Å². The smallest absolute Gasteiger partial charge is 0.223 e. The van der Waals surface area contributed by atoms with Gasteiger partial charge >= 0.3 is 0 Å². The van der Waals surface area contributed by atoms with Crippen LogP contribution in [0.5, 0.6) is 0 Å². The number of hydrogen-bond donors (Lipinski definition) is 0. The third-order valence-corrected chi connectivity index (χ3v) is 4.16. The van der Waals surface area contributed by atoms with E-state index in [4.69, 9.17) is 4.98 Å². The molecule has 0 spiro atoms. The molecule has 0 N–H and O–H groups in total. The molecule has 0 aliphatic carbocycles. The van der Waals surface area contributed by atoms with Crippen LogP contribution in [0.4, 0.5) is 0 Å². The molecule has 1 fully saturated rings. The zero-order valence-electron chi connectivity index (χ0n) is 13.3. The number of benzene rings is 1. The number of imidazole rings is 1. The Kier molecular flexibility index (Phi) is 4.01. The predicted octanol–water partition coefficient (Wildman–Crippen LogP) is 3.19. The second-order valence-electron chi connectivity index (χ2n) is 6.45. The monoisotopic (exact) mass is 297 g/mol. The molecule has 3 rings (SSSR count). The van der Waals surface area contributed by atoms with E-state index in [2.05, 4.69) is 31.1 Å². The van der Waals surface area contributed by atoms with Gasteiger partial charge in [-0.3, -0.25) is 4.79 Å². The number of hydrogen-bond acceptors (Lipinski definition) is 2. The number of aromatic nitrogens is 2. The quantitative estimate of drug-likeness (QED) is 0.795. The van der Waals surface area contributed by atoms with Crippen LogP contribution in [-0.2, 0) is 11.3 Å². The van der Waals surface area contributed by atoms with E-state index in [-0.39, 0.29) is 11.8 Å². The highest BCUT2D eigenvalue weighted by Gasteiger charge is 2.33. The fraction of sp³-hybridized carbons (Fsp3) is 0.444. The average molecular weight is 297 g/mol. The molecule has 1 saturated heterocycles. The lowest BCUT2D eigenvalue weighted by Crippen LogP contribution is -2.29. The number of carbonyl (C=O) groups excluding carboxylic acids is 1. The Bertz CT molecular complexity index is 701. The Morgan fingerprint density at radius 1 is 1.41 bits per heavy atom. The summed E-state index contributed by atoms with van der Waals surface area (Å²) >= 11 is 0. The number of likely N-dealkylation sites (tertiary alicyclic amines) is 1. The highest BCUT2D eigenvalue weighted by atomic mass is 16.2. The maximum absolute atomic E-state index is 12.2. The Hall–Kier alpha value is -2.10. The molecule has 0 unspecified atom stereocenters. The standard InChI is InChI=1S/C18H23N3O/c1-4-9-21-16-8-6-5-7-15(16)19-18(21)14-10-17(22)20(12-14)11-13(2)3/h4-8,13-14H,1,9-12H2,2-3H3/t14-/m0/s1. The lowest BCUT2D eigenvalue weighted by Gasteiger charge is -2.19. The second kappa shape index (κ2) is 5.95. The third kappa shape index (κ3) is 2.65. The summed E-state index contributed by atoms with van der Waals surface area (Å²) in [6, 6.07) is 8.14. The van der Waals surface area contributed by atoms with Gasteiger partial charge in [-0.15, -0.1) is 6.58 Å². The van der Waals surface area contributed by atoms with E-state index in [1.54, 1.807) is 0 Å². The van der Waals surface area contributed by atoms with Crippen LogP contribution < -0.4 is 0 Å².